The second-order valence-electron chi connectivity index (χ2n) is 13.7. The van der Waals surface area contributed by atoms with Gasteiger partial charge < -0.3 is 30.9 Å². The van der Waals surface area contributed by atoms with E-state index in [1.165, 1.54) is 41.7 Å². The van der Waals surface area contributed by atoms with Gasteiger partial charge in [-0.2, -0.15) is 0 Å². The van der Waals surface area contributed by atoms with Gasteiger partial charge in [0.2, 0.25) is 23.5 Å². The zero-order valence-electron chi connectivity index (χ0n) is 29.8. The molecule has 1 unspecified atom stereocenters. The summed E-state index contributed by atoms with van der Waals surface area (Å²) >= 11 is 0. The largest absolute Gasteiger partial charge is 0.444 e. The standard InChI is InChI=1S/C31H44N6O9.C3H8/c1-8-10-21(24(39)27(41)33-18-23(38)32-17-19-12-14-20(15-13-19)37(44)45)34-26(40)22-11-9-16-36(22)28(42)25(30(2,3)4)35-29(43)46-31(5,6)7;1-3-2/h8,12-15,21-22,25H,1,9-11,16-18H2,2-7H3,(H,32,38)(H,33,41)(H,34,40)(H,35,43);3H2,1-2H3/t21?,22-,25+;/m0./s1. The lowest BCUT2D eigenvalue weighted by Gasteiger charge is -2.36. The normalized spacial score (nSPS) is 15.3. The minimum Gasteiger partial charge on any atom is -0.444 e. The molecular weight excluding hydrogens is 636 g/mol. The number of ketones is 1. The molecule has 0 bridgehead atoms. The van der Waals surface area contributed by atoms with Gasteiger partial charge in [-0.15, -0.1) is 6.58 Å². The first-order chi connectivity index (χ1) is 22.7. The molecule has 0 aromatic heterocycles. The van der Waals surface area contributed by atoms with E-state index in [4.69, 9.17) is 4.74 Å². The van der Waals surface area contributed by atoms with Crippen molar-refractivity contribution in [2.75, 3.05) is 13.1 Å². The number of rotatable bonds is 13. The van der Waals surface area contributed by atoms with Crippen molar-refractivity contribution in [3.05, 3.63) is 52.6 Å². The van der Waals surface area contributed by atoms with Crippen molar-refractivity contribution in [2.24, 2.45) is 5.41 Å². The summed E-state index contributed by atoms with van der Waals surface area (Å²) in [7, 11) is 0. The van der Waals surface area contributed by atoms with Crippen molar-refractivity contribution < 1.29 is 38.4 Å². The van der Waals surface area contributed by atoms with E-state index in [-0.39, 0.29) is 25.2 Å². The van der Waals surface area contributed by atoms with Crippen LogP contribution in [0.1, 0.15) is 86.6 Å². The Kier molecular flexibility index (Phi) is 16.6. The minimum absolute atomic E-state index is 0.0375. The summed E-state index contributed by atoms with van der Waals surface area (Å²) in [6.07, 6.45) is 2.55. The van der Waals surface area contributed by atoms with Crippen LogP contribution in [0.15, 0.2) is 36.9 Å². The molecule has 1 aliphatic rings. The van der Waals surface area contributed by atoms with Crippen LogP contribution < -0.4 is 21.3 Å². The Labute approximate surface area is 288 Å². The topological polar surface area (TPSA) is 206 Å². The zero-order valence-corrected chi connectivity index (χ0v) is 29.8. The maximum Gasteiger partial charge on any atom is 0.408 e. The first-order valence-electron chi connectivity index (χ1n) is 16.3. The molecule has 0 radical (unpaired) electrons. The van der Waals surface area contributed by atoms with E-state index in [0.717, 1.165) is 0 Å². The Morgan fingerprint density at radius 2 is 1.61 bits per heavy atom. The van der Waals surface area contributed by atoms with Crippen LogP contribution in [0, 0.1) is 15.5 Å². The third-order valence-electron chi connectivity index (χ3n) is 6.92. The summed E-state index contributed by atoms with van der Waals surface area (Å²) < 4.78 is 5.33. The summed E-state index contributed by atoms with van der Waals surface area (Å²) in [4.78, 5) is 88.9. The fourth-order valence-corrected chi connectivity index (χ4v) is 4.61. The number of ether oxygens (including phenoxy) is 1. The number of Topliss-reactive ketones (excluding diaryl/α,β-unsaturated/α-hetero) is 1. The molecule has 4 N–H and O–H groups in total. The number of hydrogen-bond acceptors (Lipinski definition) is 9. The highest BCUT2D eigenvalue weighted by molar-refractivity contribution is 6.38. The molecule has 2 rings (SSSR count). The lowest BCUT2D eigenvalue weighted by molar-refractivity contribution is -0.384. The average molecular weight is 689 g/mol. The van der Waals surface area contributed by atoms with Crippen molar-refractivity contribution >= 4 is 41.2 Å². The third-order valence-corrected chi connectivity index (χ3v) is 6.92. The zero-order chi connectivity index (χ0) is 37.5. The average Bonchev–Trinajstić information content (AvgIpc) is 3.50. The van der Waals surface area contributed by atoms with Crippen LogP contribution in [-0.4, -0.2) is 82.1 Å². The van der Waals surface area contributed by atoms with E-state index >= 15 is 0 Å². The summed E-state index contributed by atoms with van der Waals surface area (Å²) in [5.41, 5.74) is -1.03. The van der Waals surface area contributed by atoms with E-state index in [2.05, 4.69) is 41.7 Å². The van der Waals surface area contributed by atoms with Crippen LogP contribution in [0.3, 0.4) is 0 Å². The molecule has 1 aromatic rings. The van der Waals surface area contributed by atoms with Gasteiger partial charge in [0.1, 0.15) is 23.7 Å². The predicted molar refractivity (Wildman–Crippen MR) is 183 cm³/mol. The second kappa shape index (κ2) is 19.2. The fraction of sp³-hybridized carbons (Fsp3) is 0.588. The number of amides is 5. The van der Waals surface area contributed by atoms with E-state index in [1.807, 2.05) is 0 Å². The molecule has 1 saturated heterocycles. The molecule has 1 fully saturated rings. The van der Waals surface area contributed by atoms with Crippen LogP contribution in [-0.2, 0) is 35.3 Å². The summed E-state index contributed by atoms with van der Waals surface area (Å²) in [5.74, 6) is -3.86. The molecule has 0 aliphatic carbocycles. The monoisotopic (exact) mass is 688 g/mol. The highest BCUT2D eigenvalue weighted by Crippen LogP contribution is 2.26. The van der Waals surface area contributed by atoms with Crippen LogP contribution in [0.5, 0.6) is 0 Å². The molecule has 15 heteroatoms. The number of likely N-dealkylation sites (tertiary alicyclic amines) is 1. The highest BCUT2D eigenvalue weighted by Gasteiger charge is 2.43. The summed E-state index contributed by atoms with van der Waals surface area (Å²) in [6, 6.07) is 2.27. The van der Waals surface area contributed by atoms with Crippen molar-refractivity contribution in [3.8, 4) is 0 Å². The number of nitro benzene ring substituents is 1. The lowest BCUT2D eigenvalue weighted by Crippen LogP contribution is -2.59. The third kappa shape index (κ3) is 14.5. The Balaban J connectivity index is 0.00000385. The molecule has 49 heavy (non-hydrogen) atoms. The predicted octanol–water partition coefficient (Wildman–Crippen LogP) is 3.30. The first-order valence-corrected chi connectivity index (χ1v) is 16.3. The summed E-state index contributed by atoms with van der Waals surface area (Å²) in [5, 5.41) is 20.7. The quantitative estimate of drug-likeness (QED) is 0.104. The van der Waals surface area contributed by atoms with E-state index in [9.17, 15) is 38.9 Å². The SMILES string of the molecule is C=CCC(NC(=O)[C@@H]1CCCN1C(=O)[C@@H](NC(=O)OC(C)(C)C)C(C)(C)C)C(=O)C(=O)NCC(=O)NCc1ccc([N+](=O)[O-])cc1.CCC. The molecule has 0 spiro atoms. The van der Waals surface area contributed by atoms with E-state index in [0.29, 0.717) is 18.4 Å². The molecule has 272 valence electrons. The highest BCUT2D eigenvalue weighted by atomic mass is 16.6. The fourth-order valence-electron chi connectivity index (χ4n) is 4.61. The van der Waals surface area contributed by atoms with Gasteiger partial charge in [0.15, 0.2) is 0 Å². The number of alkyl carbamates (subject to hydrolysis) is 1. The van der Waals surface area contributed by atoms with Gasteiger partial charge in [0, 0.05) is 25.2 Å². The molecule has 1 aliphatic heterocycles. The number of non-ortho nitro benzene ring substituents is 1. The Hall–Kier alpha value is -4.82. The molecule has 1 aromatic carbocycles. The molecule has 5 amide bonds. The van der Waals surface area contributed by atoms with Crippen molar-refractivity contribution in [1.82, 2.24) is 26.2 Å². The number of benzene rings is 1. The first kappa shape index (κ1) is 42.2. The second-order valence-corrected chi connectivity index (χ2v) is 13.7. The molecule has 3 atom stereocenters. The molecule has 15 nitrogen and oxygen atoms in total. The molecule has 1 heterocycles. The van der Waals surface area contributed by atoms with Crippen LogP contribution in [0.2, 0.25) is 0 Å². The van der Waals surface area contributed by atoms with Gasteiger partial charge in [0.05, 0.1) is 11.5 Å². The maximum absolute atomic E-state index is 13.7. The maximum atomic E-state index is 13.7. The summed E-state index contributed by atoms with van der Waals surface area (Å²) in [6.45, 7) is 18.0. The van der Waals surface area contributed by atoms with Crippen molar-refractivity contribution in [1.29, 1.82) is 0 Å². The van der Waals surface area contributed by atoms with Gasteiger partial charge in [-0.05, 0) is 51.0 Å². The van der Waals surface area contributed by atoms with Gasteiger partial charge >= 0.3 is 6.09 Å². The number of hydrogen-bond donors (Lipinski definition) is 4. The Bertz CT molecular complexity index is 1350. The van der Waals surface area contributed by atoms with Crippen molar-refractivity contribution in [3.63, 3.8) is 0 Å². The van der Waals surface area contributed by atoms with E-state index < -0.39 is 76.1 Å². The van der Waals surface area contributed by atoms with Gasteiger partial charge in [0.25, 0.3) is 11.6 Å². The molecular formula is C34H52N6O9. The smallest absolute Gasteiger partial charge is 0.408 e. The van der Waals surface area contributed by atoms with Gasteiger partial charge in [-0.1, -0.05) is 59.2 Å². The Morgan fingerprint density at radius 3 is 2.12 bits per heavy atom. The van der Waals surface area contributed by atoms with Crippen molar-refractivity contribution in [2.45, 2.75) is 111 Å². The Morgan fingerprint density at radius 1 is 1.02 bits per heavy atom. The van der Waals surface area contributed by atoms with Crippen LogP contribution >= 0.6 is 0 Å². The van der Waals surface area contributed by atoms with Gasteiger partial charge in [-0.25, -0.2) is 4.79 Å². The number of nitrogens with one attached hydrogen (secondary N) is 4. The van der Waals surface area contributed by atoms with Gasteiger partial charge in [-0.3, -0.25) is 34.1 Å². The minimum atomic E-state index is -1.30. The number of nitrogens with zero attached hydrogens (tertiary/aromatic N) is 2. The van der Waals surface area contributed by atoms with Crippen LogP contribution in [0.4, 0.5) is 10.5 Å². The lowest BCUT2D eigenvalue weighted by atomic mass is 9.85. The number of nitro groups is 1. The number of carbonyl (C=O) groups is 6. The van der Waals surface area contributed by atoms with Crippen LogP contribution in [0.25, 0.3) is 0 Å². The van der Waals surface area contributed by atoms with E-state index in [1.54, 1.807) is 41.5 Å². The number of carbonyl (C=O) groups excluding carboxylic acids is 6. The molecule has 0 saturated carbocycles.